The van der Waals surface area contributed by atoms with Crippen LogP contribution in [0.3, 0.4) is 0 Å². The molecule has 8 nitrogen and oxygen atoms in total. The van der Waals surface area contributed by atoms with Gasteiger partial charge >= 0.3 is 0 Å². The van der Waals surface area contributed by atoms with Gasteiger partial charge in [-0.3, -0.25) is 4.79 Å². The zero-order valence-corrected chi connectivity index (χ0v) is 18.3. The molecule has 0 bridgehead atoms. The van der Waals surface area contributed by atoms with Crippen molar-refractivity contribution in [2.75, 3.05) is 14.2 Å². The van der Waals surface area contributed by atoms with Crippen molar-refractivity contribution >= 4 is 11.6 Å². The number of hydrogen-bond acceptors (Lipinski definition) is 6. The standard InChI is InChI=1S/C23H28N4O4/c1-14-12-15(2)27-21(24-14)13-18(26-27)23(28)25-16-8-10-17(11-9-16)31-20-7-5-6-19(29-3)22(20)30-4/h5-7,12-13,16-17H,8-11H2,1-4H3,(H,25,28). The number of hydrogen-bond donors (Lipinski definition) is 1. The minimum absolute atomic E-state index is 0.0687. The maximum Gasteiger partial charge on any atom is 0.272 e. The highest BCUT2D eigenvalue weighted by Crippen LogP contribution is 2.38. The molecule has 0 unspecified atom stereocenters. The van der Waals surface area contributed by atoms with Crippen molar-refractivity contribution < 1.29 is 19.0 Å². The van der Waals surface area contributed by atoms with E-state index < -0.39 is 0 Å². The fourth-order valence-electron chi connectivity index (χ4n) is 4.11. The molecule has 3 aromatic rings. The van der Waals surface area contributed by atoms with Gasteiger partial charge in [0.1, 0.15) is 0 Å². The number of nitrogens with zero attached hydrogens (tertiary/aromatic N) is 3. The SMILES string of the molecule is COc1cccc(OC2CCC(NC(=O)c3cc4nc(C)cc(C)n4n3)CC2)c1OC. The number of fused-ring (bicyclic) bond motifs is 1. The van der Waals surface area contributed by atoms with Gasteiger partial charge in [0.15, 0.2) is 22.8 Å². The molecule has 0 saturated heterocycles. The Bertz CT molecular complexity index is 1090. The van der Waals surface area contributed by atoms with Gasteiger partial charge in [0.2, 0.25) is 5.75 Å². The molecule has 0 radical (unpaired) electrons. The van der Waals surface area contributed by atoms with Gasteiger partial charge in [0.25, 0.3) is 5.91 Å². The molecule has 1 saturated carbocycles. The first-order valence-electron chi connectivity index (χ1n) is 10.5. The number of amides is 1. The summed E-state index contributed by atoms with van der Waals surface area (Å²) in [4.78, 5) is 17.2. The highest BCUT2D eigenvalue weighted by atomic mass is 16.5. The van der Waals surface area contributed by atoms with E-state index in [1.807, 2.05) is 38.1 Å². The van der Waals surface area contributed by atoms with Gasteiger partial charge in [0, 0.05) is 23.5 Å². The maximum absolute atomic E-state index is 12.7. The molecule has 8 heteroatoms. The van der Waals surface area contributed by atoms with Crippen molar-refractivity contribution in [3.63, 3.8) is 0 Å². The van der Waals surface area contributed by atoms with Crippen LogP contribution >= 0.6 is 0 Å². The van der Waals surface area contributed by atoms with E-state index >= 15 is 0 Å². The van der Waals surface area contributed by atoms with Crippen LogP contribution in [0.4, 0.5) is 0 Å². The summed E-state index contributed by atoms with van der Waals surface area (Å²) in [5.74, 6) is 1.76. The van der Waals surface area contributed by atoms with E-state index in [1.165, 1.54) is 0 Å². The topological polar surface area (TPSA) is 87.0 Å². The Morgan fingerprint density at radius 2 is 1.81 bits per heavy atom. The summed E-state index contributed by atoms with van der Waals surface area (Å²) >= 11 is 0. The van der Waals surface area contributed by atoms with Crippen LogP contribution in [0.5, 0.6) is 17.2 Å². The second-order valence-corrected chi connectivity index (χ2v) is 7.90. The Kier molecular flexibility index (Phi) is 5.97. The maximum atomic E-state index is 12.7. The van der Waals surface area contributed by atoms with Crippen molar-refractivity contribution in [3.8, 4) is 17.2 Å². The lowest BCUT2D eigenvalue weighted by atomic mass is 9.93. The van der Waals surface area contributed by atoms with Crippen LogP contribution in [0, 0.1) is 13.8 Å². The summed E-state index contributed by atoms with van der Waals surface area (Å²) in [5.41, 5.74) is 2.93. The smallest absolute Gasteiger partial charge is 0.272 e. The fraction of sp³-hybridized carbons (Fsp3) is 0.435. The highest BCUT2D eigenvalue weighted by Gasteiger charge is 2.26. The van der Waals surface area contributed by atoms with E-state index in [9.17, 15) is 4.79 Å². The van der Waals surface area contributed by atoms with Crippen LogP contribution in [0.2, 0.25) is 0 Å². The van der Waals surface area contributed by atoms with Gasteiger partial charge in [-0.2, -0.15) is 5.10 Å². The molecule has 1 fully saturated rings. The molecule has 2 aromatic heterocycles. The third kappa shape index (κ3) is 4.42. The number of ether oxygens (including phenoxy) is 3. The summed E-state index contributed by atoms with van der Waals surface area (Å²) < 4.78 is 18.7. The molecule has 164 valence electrons. The van der Waals surface area contributed by atoms with E-state index in [1.54, 1.807) is 24.8 Å². The molecule has 4 rings (SSSR count). The number of methoxy groups -OCH3 is 2. The van der Waals surface area contributed by atoms with Crippen LogP contribution in [0.15, 0.2) is 30.3 Å². The third-order valence-corrected chi connectivity index (χ3v) is 5.64. The van der Waals surface area contributed by atoms with E-state index in [2.05, 4.69) is 15.4 Å². The molecule has 1 amide bonds. The van der Waals surface area contributed by atoms with Gasteiger partial charge < -0.3 is 19.5 Å². The zero-order valence-electron chi connectivity index (χ0n) is 18.3. The number of nitrogens with one attached hydrogen (secondary N) is 1. The monoisotopic (exact) mass is 424 g/mol. The number of aryl methyl sites for hydroxylation is 2. The molecule has 2 heterocycles. The minimum Gasteiger partial charge on any atom is -0.493 e. The zero-order chi connectivity index (χ0) is 22.0. The molecule has 1 aromatic carbocycles. The van der Waals surface area contributed by atoms with Crippen LogP contribution in [-0.4, -0.2) is 46.9 Å². The van der Waals surface area contributed by atoms with E-state index in [-0.39, 0.29) is 18.1 Å². The Morgan fingerprint density at radius 1 is 1.06 bits per heavy atom. The predicted octanol–water partition coefficient (Wildman–Crippen LogP) is 3.48. The molecular weight excluding hydrogens is 396 g/mol. The largest absolute Gasteiger partial charge is 0.493 e. The van der Waals surface area contributed by atoms with Crippen molar-refractivity contribution in [1.82, 2.24) is 19.9 Å². The lowest BCUT2D eigenvalue weighted by Gasteiger charge is -2.29. The van der Waals surface area contributed by atoms with E-state index in [0.29, 0.717) is 28.6 Å². The van der Waals surface area contributed by atoms with Crippen LogP contribution in [-0.2, 0) is 0 Å². The number of carbonyl (C=O) groups excluding carboxylic acids is 1. The number of rotatable bonds is 6. The normalized spacial score (nSPS) is 18.6. The lowest BCUT2D eigenvalue weighted by molar-refractivity contribution is 0.0886. The Balaban J connectivity index is 1.35. The number of benzene rings is 1. The first-order chi connectivity index (χ1) is 15.0. The lowest BCUT2D eigenvalue weighted by Crippen LogP contribution is -2.39. The molecule has 0 atom stereocenters. The predicted molar refractivity (Wildman–Crippen MR) is 116 cm³/mol. The average molecular weight is 425 g/mol. The summed E-state index contributed by atoms with van der Waals surface area (Å²) in [6.07, 6.45) is 3.44. The number of aromatic nitrogens is 3. The molecule has 1 aliphatic carbocycles. The molecular formula is C23H28N4O4. The van der Waals surface area contributed by atoms with Crippen LogP contribution in [0.25, 0.3) is 5.65 Å². The van der Waals surface area contributed by atoms with E-state index in [4.69, 9.17) is 14.2 Å². The summed E-state index contributed by atoms with van der Waals surface area (Å²) in [7, 11) is 3.21. The third-order valence-electron chi connectivity index (χ3n) is 5.64. The Hall–Kier alpha value is -3.29. The van der Waals surface area contributed by atoms with Crippen LogP contribution < -0.4 is 19.5 Å². The summed E-state index contributed by atoms with van der Waals surface area (Å²) in [6.45, 7) is 3.89. The van der Waals surface area contributed by atoms with Crippen LogP contribution in [0.1, 0.15) is 47.6 Å². The minimum atomic E-state index is -0.165. The van der Waals surface area contributed by atoms with Crippen molar-refractivity contribution in [2.24, 2.45) is 0 Å². The number of para-hydroxylation sites is 1. The van der Waals surface area contributed by atoms with Crippen molar-refractivity contribution in [1.29, 1.82) is 0 Å². The molecule has 0 aliphatic heterocycles. The molecule has 31 heavy (non-hydrogen) atoms. The summed E-state index contributed by atoms with van der Waals surface area (Å²) in [5, 5.41) is 7.53. The number of carbonyl (C=O) groups is 1. The summed E-state index contributed by atoms with van der Waals surface area (Å²) in [6, 6.07) is 9.39. The molecule has 0 spiro atoms. The van der Waals surface area contributed by atoms with Crippen molar-refractivity contribution in [2.45, 2.75) is 51.7 Å². The second-order valence-electron chi connectivity index (χ2n) is 7.90. The Labute approximate surface area is 181 Å². The van der Waals surface area contributed by atoms with Gasteiger partial charge in [-0.25, -0.2) is 9.50 Å². The van der Waals surface area contributed by atoms with Gasteiger partial charge in [-0.05, 0) is 57.7 Å². The van der Waals surface area contributed by atoms with Gasteiger partial charge in [0.05, 0.1) is 20.3 Å². The fourth-order valence-corrected chi connectivity index (χ4v) is 4.11. The highest BCUT2D eigenvalue weighted by molar-refractivity contribution is 5.93. The first kappa shape index (κ1) is 21.0. The second kappa shape index (κ2) is 8.83. The quantitative estimate of drug-likeness (QED) is 0.652. The van der Waals surface area contributed by atoms with Gasteiger partial charge in [-0.1, -0.05) is 6.07 Å². The molecule has 1 N–H and O–H groups in total. The average Bonchev–Trinajstić information content (AvgIpc) is 3.19. The first-order valence-corrected chi connectivity index (χ1v) is 10.5. The van der Waals surface area contributed by atoms with Gasteiger partial charge in [-0.15, -0.1) is 0 Å². The molecule has 1 aliphatic rings. The van der Waals surface area contributed by atoms with E-state index in [0.717, 1.165) is 37.1 Å². The van der Waals surface area contributed by atoms with Crippen molar-refractivity contribution in [3.05, 3.63) is 47.4 Å². The Morgan fingerprint density at radius 3 is 2.52 bits per heavy atom.